The second-order valence-corrected chi connectivity index (χ2v) is 15.0. The van der Waals surface area contributed by atoms with Crippen LogP contribution in [-0.4, -0.2) is 52.3 Å². The van der Waals surface area contributed by atoms with Crippen molar-refractivity contribution in [2.75, 3.05) is 13.2 Å². The van der Waals surface area contributed by atoms with Gasteiger partial charge >= 0.3 is 19.8 Å². The van der Waals surface area contributed by atoms with Gasteiger partial charge in [-0.25, -0.2) is 4.57 Å². The minimum absolute atomic E-state index is 0.178. The van der Waals surface area contributed by atoms with Crippen molar-refractivity contribution in [2.24, 2.45) is 0 Å². The highest BCUT2D eigenvalue weighted by atomic mass is 31.2. The Labute approximate surface area is 317 Å². The van der Waals surface area contributed by atoms with Gasteiger partial charge in [0.25, 0.3) is 0 Å². The lowest BCUT2D eigenvalue weighted by atomic mass is 10.0. The summed E-state index contributed by atoms with van der Waals surface area (Å²) in [5.74, 6) is -0.966. The van der Waals surface area contributed by atoms with Crippen LogP contribution in [0, 0.1) is 0 Å². The molecular weight excluding hydrogens is 679 g/mol. The van der Waals surface area contributed by atoms with Gasteiger partial charge in [-0.2, -0.15) is 0 Å². The van der Waals surface area contributed by atoms with Gasteiger partial charge in [0, 0.05) is 12.8 Å². The fourth-order valence-corrected chi connectivity index (χ4v) is 5.88. The Bertz CT molecular complexity index is 1000. The number of carbonyl (C=O) groups is 2. The van der Waals surface area contributed by atoms with Gasteiger partial charge in [0.15, 0.2) is 6.10 Å². The first-order chi connectivity index (χ1) is 25.2. The molecule has 0 amide bonds. The van der Waals surface area contributed by atoms with Crippen LogP contribution in [0.25, 0.3) is 0 Å². The summed E-state index contributed by atoms with van der Waals surface area (Å²) in [6, 6.07) is 0. The number of esters is 2. The number of rotatable bonds is 37. The first-order valence-corrected chi connectivity index (χ1v) is 22.0. The molecule has 9 nitrogen and oxygen atoms in total. The minimum atomic E-state index is -4.77. The second kappa shape index (κ2) is 37.3. The standard InChI is InChI=1S/C42H75O9P/c1-3-5-6-7-8-9-10-11-12-13-18-21-24-27-30-33-36-42(45)51-40(38-50-52(46,47)48)37-49-41(44)35-32-29-26-23-20-17-15-14-16-19-22-25-28-31-34-39(43)4-2/h15-17,19,23,25-26,28,39-40,43H,3-14,18,20-22,24,27,29-38H2,1-2H3,(H2,46,47,48)/b17-15-,19-16-,26-23-,28-25-/t39-,40+/m0/s1. The molecule has 0 heterocycles. The van der Waals surface area contributed by atoms with Gasteiger partial charge in [0.2, 0.25) is 0 Å². The average Bonchev–Trinajstić information content (AvgIpc) is 3.11. The smallest absolute Gasteiger partial charge is 0.462 e. The zero-order valence-corrected chi connectivity index (χ0v) is 33.7. The highest BCUT2D eigenvalue weighted by Crippen LogP contribution is 2.36. The quantitative estimate of drug-likeness (QED) is 0.0245. The van der Waals surface area contributed by atoms with Crippen molar-refractivity contribution in [1.82, 2.24) is 0 Å². The summed E-state index contributed by atoms with van der Waals surface area (Å²) in [6.45, 7) is 3.36. The number of hydrogen-bond acceptors (Lipinski definition) is 7. The van der Waals surface area contributed by atoms with E-state index in [1.165, 1.54) is 77.0 Å². The van der Waals surface area contributed by atoms with Crippen LogP contribution in [0.3, 0.4) is 0 Å². The number of phosphoric ester groups is 1. The third-order valence-electron chi connectivity index (χ3n) is 8.76. The van der Waals surface area contributed by atoms with Crippen LogP contribution in [0.4, 0.5) is 0 Å². The fourth-order valence-electron chi connectivity index (χ4n) is 5.52. The van der Waals surface area contributed by atoms with E-state index in [1.807, 2.05) is 19.1 Å². The van der Waals surface area contributed by atoms with Crippen LogP contribution in [0.15, 0.2) is 48.6 Å². The Morgan fingerprint density at radius 1 is 0.577 bits per heavy atom. The molecule has 10 heteroatoms. The number of aliphatic hydroxyl groups excluding tert-OH is 1. The maximum absolute atomic E-state index is 12.4. The Hall–Kier alpha value is -2.03. The van der Waals surface area contributed by atoms with Crippen molar-refractivity contribution in [1.29, 1.82) is 0 Å². The largest absolute Gasteiger partial charge is 0.469 e. The highest BCUT2D eigenvalue weighted by Gasteiger charge is 2.22. The van der Waals surface area contributed by atoms with E-state index in [0.717, 1.165) is 57.8 Å². The maximum Gasteiger partial charge on any atom is 0.469 e. The van der Waals surface area contributed by atoms with E-state index in [9.17, 15) is 19.3 Å². The predicted octanol–water partition coefficient (Wildman–Crippen LogP) is 11.3. The topological polar surface area (TPSA) is 140 Å². The van der Waals surface area contributed by atoms with Crippen LogP contribution < -0.4 is 0 Å². The van der Waals surface area contributed by atoms with E-state index in [0.29, 0.717) is 19.3 Å². The number of aliphatic hydroxyl groups is 1. The molecule has 302 valence electrons. The lowest BCUT2D eigenvalue weighted by Crippen LogP contribution is -2.29. The molecular formula is C42H75O9P. The normalized spacial score (nSPS) is 13.6. The highest BCUT2D eigenvalue weighted by molar-refractivity contribution is 7.46. The zero-order valence-electron chi connectivity index (χ0n) is 32.8. The van der Waals surface area contributed by atoms with E-state index in [2.05, 4.69) is 47.9 Å². The molecule has 0 rings (SSSR count). The van der Waals surface area contributed by atoms with E-state index < -0.39 is 32.5 Å². The predicted molar refractivity (Wildman–Crippen MR) is 213 cm³/mol. The first-order valence-electron chi connectivity index (χ1n) is 20.5. The first kappa shape index (κ1) is 50.0. The summed E-state index contributed by atoms with van der Waals surface area (Å²) in [6.07, 6.45) is 42.1. The molecule has 0 aromatic carbocycles. The Morgan fingerprint density at radius 2 is 1.02 bits per heavy atom. The number of phosphoric acid groups is 1. The van der Waals surface area contributed by atoms with Crippen LogP contribution in [-0.2, 0) is 28.2 Å². The van der Waals surface area contributed by atoms with Crippen molar-refractivity contribution in [2.45, 2.75) is 193 Å². The summed E-state index contributed by atoms with van der Waals surface area (Å²) >= 11 is 0. The summed E-state index contributed by atoms with van der Waals surface area (Å²) in [5.41, 5.74) is 0. The molecule has 0 saturated heterocycles. The number of ether oxygens (including phenoxy) is 2. The Morgan fingerprint density at radius 3 is 1.50 bits per heavy atom. The van der Waals surface area contributed by atoms with Crippen LogP contribution in [0.5, 0.6) is 0 Å². The van der Waals surface area contributed by atoms with Crippen molar-refractivity contribution in [3.05, 3.63) is 48.6 Å². The Balaban J connectivity index is 4.03. The number of unbranched alkanes of at least 4 members (excludes halogenated alkanes) is 16. The molecule has 0 spiro atoms. The number of allylic oxidation sites excluding steroid dienone is 8. The third kappa shape index (κ3) is 39.2. The van der Waals surface area contributed by atoms with Gasteiger partial charge in [-0.05, 0) is 57.8 Å². The van der Waals surface area contributed by atoms with Crippen LogP contribution >= 0.6 is 7.82 Å². The average molecular weight is 755 g/mol. The molecule has 52 heavy (non-hydrogen) atoms. The van der Waals surface area contributed by atoms with Crippen LogP contribution in [0.2, 0.25) is 0 Å². The van der Waals surface area contributed by atoms with Gasteiger partial charge in [-0.15, -0.1) is 0 Å². The molecule has 2 atom stereocenters. The second-order valence-electron chi connectivity index (χ2n) is 13.8. The molecule has 0 aliphatic heterocycles. The molecule has 0 aromatic rings. The number of hydrogen-bond donors (Lipinski definition) is 3. The lowest BCUT2D eigenvalue weighted by molar-refractivity contribution is -0.161. The molecule has 0 aromatic heterocycles. The fraction of sp³-hybridized carbons (Fsp3) is 0.762. The van der Waals surface area contributed by atoms with Crippen LogP contribution in [0.1, 0.15) is 181 Å². The van der Waals surface area contributed by atoms with Crippen molar-refractivity contribution in [3.63, 3.8) is 0 Å². The van der Waals surface area contributed by atoms with Gasteiger partial charge in [-0.3, -0.25) is 14.1 Å². The molecule has 3 N–H and O–H groups in total. The number of carbonyl (C=O) groups excluding carboxylic acids is 2. The Kier molecular flexibility index (Phi) is 35.8. The molecule has 0 unspecified atom stereocenters. The minimum Gasteiger partial charge on any atom is -0.462 e. The van der Waals surface area contributed by atoms with E-state index in [4.69, 9.17) is 19.3 Å². The zero-order chi connectivity index (χ0) is 38.4. The maximum atomic E-state index is 12.4. The lowest BCUT2D eigenvalue weighted by Gasteiger charge is -2.18. The monoisotopic (exact) mass is 755 g/mol. The van der Waals surface area contributed by atoms with E-state index in [-0.39, 0.29) is 25.6 Å². The van der Waals surface area contributed by atoms with E-state index in [1.54, 1.807) is 0 Å². The van der Waals surface area contributed by atoms with Crippen molar-refractivity contribution in [3.8, 4) is 0 Å². The third-order valence-corrected chi connectivity index (χ3v) is 9.25. The van der Waals surface area contributed by atoms with Crippen molar-refractivity contribution >= 4 is 19.8 Å². The van der Waals surface area contributed by atoms with E-state index >= 15 is 0 Å². The molecule has 0 saturated carbocycles. The molecule has 0 fully saturated rings. The van der Waals surface area contributed by atoms with Gasteiger partial charge in [0.1, 0.15) is 6.61 Å². The summed E-state index contributed by atoms with van der Waals surface area (Å²) in [7, 11) is -4.77. The summed E-state index contributed by atoms with van der Waals surface area (Å²) in [5, 5.41) is 9.53. The molecule has 0 bridgehead atoms. The van der Waals surface area contributed by atoms with Gasteiger partial charge < -0.3 is 24.4 Å². The SMILES string of the molecule is CCCCCCCCCCCCCCCCCCC(=O)O[C@H](COC(=O)CCC/C=C\C/C=C\C/C=C\C/C=C\CC[C@@H](O)CC)COP(=O)(O)O. The summed E-state index contributed by atoms with van der Waals surface area (Å²) in [4.78, 5) is 42.8. The van der Waals surface area contributed by atoms with Crippen molar-refractivity contribution < 1.29 is 43.0 Å². The molecule has 0 radical (unpaired) electrons. The van der Waals surface area contributed by atoms with Gasteiger partial charge in [0.05, 0.1) is 12.7 Å². The molecule has 0 aliphatic rings. The molecule has 0 aliphatic carbocycles. The van der Waals surface area contributed by atoms with Gasteiger partial charge in [-0.1, -0.05) is 159 Å². The summed E-state index contributed by atoms with van der Waals surface area (Å²) < 4.78 is 26.3.